The summed E-state index contributed by atoms with van der Waals surface area (Å²) in [4.78, 5) is 14.8. The molecule has 0 fully saturated rings. The number of hydrogen-bond acceptors (Lipinski definition) is 3. The molecule has 1 aliphatic heterocycles. The molecule has 120 valence electrons. The predicted octanol–water partition coefficient (Wildman–Crippen LogP) is 3.36. The van der Waals surface area contributed by atoms with Gasteiger partial charge in [-0.05, 0) is 62.1 Å². The number of rotatable bonds is 3. The first-order valence-corrected chi connectivity index (χ1v) is 8.08. The molecule has 1 aliphatic rings. The van der Waals surface area contributed by atoms with Crippen molar-refractivity contribution in [2.75, 3.05) is 22.5 Å². The molecule has 2 aromatic rings. The monoisotopic (exact) mass is 309 g/mol. The number of aryl methyl sites for hydroxylation is 1. The van der Waals surface area contributed by atoms with E-state index in [9.17, 15) is 4.79 Å². The lowest BCUT2D eigenvalue weighted by Gasteiger charge is -2.36. The van der Waals surface area contributed by atoms with Crippen molar-refractivity contribution in [3.8, 4) is 0 Å². The summed E-state index contributed by atoms with van der Waals surface area (Å²) in [5, 5.41) is 3.01. The van der Waals surface area contributed by atoms with Crippen molar-refractivity contribution in [1.82, 2.24) is 0 Å². The molecule has 1 unspecified atom stereocenters. The van der Waals surface area contributed by atoms with E-state index in [-0.39, 0.29) is 11.9 Å². The lowest BCUT2D eigenvalue weighted by molar-refractivity contribution is -0.117. The van der Waals surface area contributed by atoms with Crippen LogP contribution in [0.25, 0.3) is 0 Å². The van der Waals surface area contributed by atoms with E-state index in [0.29, 0.717) is 0 Å². The molecule has 4 nitrogen and oxygen atoms in total. The fraction of sp³-hybridized carbons (Fsp3) is 0.316. The van der Waals surface area contributed by atoms with Gasteiger partial charge >= 0.3 is 0 Å². The highest BCUT2D eigenvalue weighted by Crippen LogP contribution is 2.32. The molecule has 0 saturated heterocycles. The van der Waals surface area contributed by atoms with Crippen molar-refractivity contribution >= 4 is 23.0 Å². The Morgan fingerprint density at radius 2 is 2.04 bits per heavy atom. The molecule has 23 heavy (non-hydrogen) atoms. The Morgan fingerprint density at radius 1 is 1.26 bits per heavy atom. The van der Waals surface area contributed by atoms with E-state index in [4.69, 9.17) is 5.73 Å². The lowest BCUT2D eigenvalue weighted by Crippen LogP contribution is -2.44. The molecule has 3 rings (SSSR count). The zero-order valence-corrected chi connectivity index (χ0v) is 13.7. The van der Waals surface area contributed by atoms with Gasteiger partial charge in [-0.3, -0.25) is 4.79 Å². The maximum Gasteiger partial charge on any atom is 0.246 e. The fourth-order valence-corrected chi connectivity index (χ4v) is 3.19. The summed E-state index contributed by atoms with van der Waals surface area (Å²) < 4.78 is 0. The highest BCUT2D eigenvalue weighted by molar-refractivity contribution is 5.97. The molecule has 0 saturated carbocycles. The third-order valence-corrected chi connectivity index (χ3v) is 4.46. The van der Waals surface area contributed by atoms with Crippen LogP contribution in [-0.4, -0.2) is 18.5 Å². The smallest absolute Gasteiger partial charge is 0.246 e. The van der Waals surface area contributed by atoms with E-state index >= 15 is 0 Å². The maximum atomic E-state index is 12.6. The molecule has 0 bridgehead atoms. The van der Waals surface area contributed by atoms with Crippen LogP contribution in [0.4, 0.5) is 17.1 Å². The topological polar surface area (TPSA) is 58.4 Å². The molecule has 0 spiro atoms. The summed E-state index contributed by atoms with van der Waals surface area (Å²) in [6.45, 7) is 4.84. The van der Waals surface area contributed by atoms with Crippen LogP contribution in [-0.2, 0) is 11.2 Å². The van der Waals surface area contributed by atoms with E-state index < -0.39 is 0 Å². The highest BCUT2D eigenvalue weighted by Gasteiger charge is 2.26. The van der Waals surface area contributed by atoms with Gasteiger partial charge < -0.3 is 16.0 Å². The summed E-state index contributed by atoms with van der Waals surface area (Å²) in [5.41, 5.74) is 11.1. The van der Waals surface area contributed by atoms with Gasteiger partial charge in [0.1, 0.15) is 6.04 Å². The Bertz CT molecular complexity index is 726. The number of fused-ring (bicyclic) bond motifs is 1. The van der Waals surface area contributed by atoms with Crippen LogP contribution in [0, 0.1) is 6.92 Å². The number of amides is 1. The largest absolute Gasteiger partial charge is 0.398 e. The Kier molecular flexibility index (Phi) is 4.24. The first-order valence-electron chi connectivity index (χ1n) is 8.08. The Hall–Kier alpha value is -2.49. The normalized spacial score (nSPS) is 15.0. The van der Waals surface area contributed by atoms with Crippen LogP contribution in [0.2, 0.25) is 0 Å². The van der Waals surface area contributed by atoms with Gasteiger partial charge in [0.05, 0.1) is 0 Å². The van der Waals surface area contributed by atoms with Crippen molar-refractivity contribution in [2.24, 2.45) is 0 Å². The van der Waals surface area contributed by atoms with Crippen molar-refractivity contribution in [3.05, 3.63) is 53.6 Å². The van der Waals surface area contributed by atoms with E-state index in [0.717, 1.165) is 47.6 Å². The molecular formula is C19H23N3O. The van der Waals surface area contributed by atoms with Crippen LogP contribution in [0.1, 0.15) is 24.5 Å². The average molecular weight is 309 g/mol. The summed E-state index contributed by atoms with van der Waals surface area (Å²) in [6, 6.07) is 13.6. The zero-order valence-electron chi connectivity index (χ0n) is 13.7. The van der Waals surface area contributed by atoms with E-state index in [2.05, 4.69) is 16.3 Å². The molecule has 0 radical (unpaired) electrons. The van der Waals surface area contributed by atoms with Crippen molar-refractivity contribution in [2.45, 2.75) is 32.7 Å². The number of carbonyl (C=O) groups is 1. The summed E-state index contributed by atoms with van der Waals surface area (Å²) in [6.07, 6.45) is 1.99. The Morgan fingerprint density at radius 3 is 2.83 bits per heavy atom. The summed E-state index contributed by atoms with van der Waals surface area (Å²) >= 11 is 0. The average Bonchev–Trinajstić information content (AvgIpc) is 2.54. The third-order valence-electron chi connectivity index (χ3n) is 4.46. The minimum Gasteiger partial charge on any atom is -0.398 e. The lowest BCUT2D eigenvalue weighted by atomic mass is 9.98. The quantitative estimate of drug-likeness (QED) is 0.855. The van der Waals surface area contributed by atoms with Gasteiger partial charge in [0.25, 0.3) is 0 Å². The Labute approximate surface area is 137 Å². The third kappa shape index (κ3) is 3.16. The van der Waals surface area contributed by atoms with Gasteiger partial charge in [0.2, 0.25) is 5.91 Å². The van der Waals surface area contributed by atoms with Gasteiger partial charge in [-0.25, -0.2) is 0 Å². The first-order chi connectivity index (χ1) is 11.1. The molecule has 4 heteroatoms. The molecule has 1 heterocycles. The van der Waals surface area contributed by atoms with Gasteiger partial charge in [-0.15, -0.1) is 0 Å². The SMILES string of the molecule is Cc1cccc(NC(=O)C(C)N2CCCc3c(N)cccc32)c1. The molecule has 1 amide bonds. The van der Waals surface area contributed by atoms with Crippen LogP contribution >= 0.6 is 0 Å². The molecular weight excluding hydrogens is 286 g/mol. The van der Waals surface area contributed by atoms with Gasteiger partial charge in [0.15, 0.2) is 0 Å². The number of benzene rings is 2. The number of nitrogens with zero attached hydrogens (tertiary/aromatic N) is 1. The van der Waals surface area contributed by atoms with Gasteiger partial charge in [-0.2, -0.15) is 0 Å². The summed E-state index contributed by atoms with van der Waals surface area (Å²) in [7, 11) is 0. The number of nitrogens with one attached hydrogen (secondary N) is 1. The minimum absolute atomic E-state index is 0.00544. The van der Waals surface area contributed by atoms with Crippen molar-refractivity contribution in [3.63, 3.8) is 0 Å². The molecule has 0 aromatic heterocycles. The van der Waals surface area contributed by atoms with E-state index in [1.807, 2.05) is 50.2 Å². The second-order valence-corrected chi connectivity index (χ2v) is 6.18. The number of hydrogen-bond donors (Lipinski definition) is 2. The second-order valence-electron chi connectivity index (χ2n) is 6.18. The van der Waals surface area contributed by atoms with Crippen LogP contribution in [0.3, 0.4) is 0 Å². The van der Waals surface area contributed by atoms with Crippen molar-refractivity contribution < 1.29 is 4.79 Å². The van der Waals surface area contributed by atoms with Gasteiger partial charge in [-0.1, -0.05) is 18.2 Å². The Balaban J connectivity index is 1.80. The number of anilines is 3. The van der Waals surface area contributed by atoms with E-state index in [1.54, 1.807) is 0 Å². The highest BCUT2D eigenvalue weighted by atomic mass is 16.2. The number of nitrogen functional groups attached to an aromatic ring is 1. The molecule has 2 aromatic carbocycles. The first kappa shape index (κ1) is 15.4. The minimum atomic E-state index is -0.239. The number of carbonyl (C=O) groups excluding carboxylic acids is 1. The summed E-state index contributed by atoms with van der Waals surface area (Å²) in [5.74, 6) is 0.00544. The standard InChI is InChI=1S/C19H23N3O/c1-13-6-3-7-15(12-13)21-19(23)14(2)22-11-5-8-16-17(20)9-4-10-18(16)22/h3-4,6-7,9-10,12,14H,5,8,11,20H2,1-2H3,(H,21,23). The maximum absolute atomic E-state index is 12.6. The van der Waals surface area contributed by atoms with Crippen molar-refractivity contribution in [1.29, 1.82) is 0 Å². The molecule has 0 aliphatic carbocycles. The van der Waals surface area contributed by atoms with Gasteiger partial charge in [0, 0.05) is 23.6 Å². The van der Waals surface area contributed by atoms with Crippen LogP contribution in [0.5, 0.6) is 0 Å². The predicted molar refractivity (Wildman–Crippen MR) is 95.8 cm³/mol. The van der Waals surface area contributed by atoms with Crippen LogP contribution < -0.4 is 16.0 Å². The fourth-order valence-electron chi connectivity index (χ4n) is 3.19. The van der Waals surface area contributed by atoms with Crippen LogP contribution in [0.15, 0.2) is 42.5 Å². The second kappa shape index (κ2) is 6.32. The molecule has 1 atom stereocenters. The number of nitrogens with two attached hydrogens (primary N) is 1. The van der Waals surface area contributed by atoms with E-state index in [1.165, 1.54) is 0 Å². The zero-order chi connectivity index (χ0) is 16.4. The molecule has 3 N–H and O–H groups in total.